The molecule has 2 saturated heterocycles. The van der Waals surface area contributed by atoms with E-state index in [9.17, 15) is 83.4 Å². The molecule has 2 heterocycles. The second-order valence-electron chi connectivity index (χ2n) is 35.7. The number of ketones is 3. The van der Waals surface area contributed by atoms with Crippen molar-refractivity contribution in [1.82, 2.24) is 60.4 Å². The van der Waals surface area contributed by atoms with E-state index >= 15 is 0 Å². The number of carbonyl (C=O) groups is 11. The van der Waals surface area contributed by atoms with Crippen LogP contribution in [0.2, 0.25) is 0 Å². The van der Waals surface area contributed by atoms with E-state index in [4.69, 9.17) is 61.3 Å². The topological polar surface area (TPSA) is 472 Å². The molecule has 823 valence electrons. The maximum absolute atomic E-state index is 12.2. The molecule has 2 aliphatic heterocycles. The Labute approximate surface area is 908 Å². The van der Waals surface area contributed by atoms with E-state index in [1.165, 1.54) is 42.7 Å². The monoisotopic (exact) mass is 2350 g/mol. The minimum absolute atomic E-state index is 0. The minimum Gasteiger partial charge on any atom is -0.392 e. The van der Waals surface area contributed by atoms with Gasteiger partial charge in [-0.3, -0.25) is 52.7 Å². The Kier molecular flexibility index (Phi) is 92.7. The van der Waals surface area contributed by atoms with E-state index < -0.39 is 41.9 Å². The maximum atomic E-state index is 12.2. The summed E-state index contributed by atoms with van der Waals surface area (Å²) in [5.74, 6) is -0.891. The minimum atomic E-state index is -0.728. The quantitative estimate of drug-likeness (QED) is 0.00514. The van der Waals surface area contributed by atoms with Crippen molar-refractivity contribution in [3.8, 4) is 0 Å². The number of aliphatic hydroxyl groups is 6. The Balaban J connectivity index is -0.000000875. The summed E-state index contributed by atoms with van der Waals surface area (Å²) < 4.78 is 42.2. The summed E-state index contributed by atoms with van der Waals surface area (Å²) in [5.41, 5.74) is 1.99. The first-order chi connectivity index (χ1) is 68.1. The molecule has 11 N–H and O–H groups in total. The van der Waals surface area contributed by atoms with Crippen molar-refractivity contribution in [2.24, 2.45) is 23.7 Å². The van der Waals surface area contributed by atoms with Crippen molar-refractivity contribution in [1.29, 1.82) is 0 Å². The molecular formula is C104H174Cl2N12O25UV. The summed E-state index contributed by atoms with van der Waals surface area (Å²) in [6.07, 6.45) is 12.0. The number of hydrogen-bond acceptors (Lipinski definition) is 30. The van der Waals surface area contributed by atoms with Gasteiger partial charge in [0, 0.05) is 253 Å². The molecule has 0 bridgehead atoms. The first-order valence-electron chi connectivity index (χ1n) is 49.1. The number of nitrogens with one attached hydrogen (secondary N) is 5. The van der Waals surface area contributed by atoms with Gasteiger partial charge in [0.15, 0.2) is 17.3 Å². The summed E-state index contributed by atoms with van der Waals surface area (Å²) in [5, 5.41) is 72.8. The molecule has 0 saturated carbocycles. The Morgan fingerprint density at radius 2 is 0.628 bits per heavy atom. The molecule has 0 spiro atoms. The third-order valence-corrected chi connectivity index (χ3v) is 21.8. The van der Waals surface area contributed by atoms with E-state index in [1.807, 2.05) is 82.3 Å². The number of Topliss-reactive ketones (excluding diaryl/α,β-unsaturated/α-hetero) is 3. The number of carbonyl (C=O) groups excluding carboxylic acids is 11. The Bertz CT molecular complexity index is 3730. The summed E-state index contributed by atoms with van der Waals surface area (Å²) in [7, 11) is 17.2. The van der Waals surface area contributed by atoms with Crippen LogP contribution in [0.25, 0.3) is 0 Å². The van der Waals surface area contributed by atoms with Crippen molar-refractivity contribution >= 4 is 87.3 Å². The van der Waals surface area contributed by atoms with Gasteiger partial charge in [-0.1, -0.05) is 145 Å². The molecule has 1 radical (unpaired) electrons. The number of rotatable bonds is 73. The van der Waals surface area contributed by atoms with Gasteiger partial charge in [0.2, 0.25) is 46.6 Å². The fraction of sp³-hybridized carbons (Fsp3) is 0.644. The molecule has 0 aliphatic carbocycles. The third kappa shape index (κ3) is 82.5. The molecule has 7 amide bonds. The SMILES string of the molecule is C(OCC1CO1)OCC1CO1.C=CC(=O)Cl.C=CC(=O)N(C)C.C=CC(=O)N(CCC(C)C(=O)N(C)C)CC(O)CCCOCCCC(O)CN(CCC(C)C(=O)N(C)C)C(=O)C=C.CC(CCNCC(O)CCCOCCCC(O)CNCCC(C)C(=O)N(C)C)C(=O)N(C)C.O=C(CNCC(O)CCCOCOCCCC(O)CNCC(=O)c1ccccc1)c1ccccc1.O=C(CNCl)c1ccccc1.[U].[V]. The zero-order chi connectivity index (χ0) is 108. The molecule has 145 heavy (non-hydrogen) atoms. The maximum Gasteiger partial charge on any atom is 0.246 e. The largest absolute Gasteiger partial charge is 0.392 e. The fourth-order valence-corrected chi connectivity index (χ4v) is 13.0. The van der Waals surface area contributed by atoms with E-state index in [0.717, 1.165) is 45.0 Å². The second-order valence-corrected chi connectivity index (χ2v) is 36.3. The third-order valence-electron chi connectivity index (χ3n) is 21.5. The van der Waals surface area contributed by atoms with Crippen LogP contribution in [-0.4, -0.2) is 413 Å². The fourth-order valence-electron chi connectivity index (χ4n) is 12.9. The van der Waals surface area contributed by atoms with E-state index in [2.05, 4.69) is 52.4 Å². The molecular weight excluding hydrogens is 2180 g/mol. The van der Waals surface area contributed by atoms with E-state index in [0.29, 0.717) is 218 Å². The van der Waals surface area contributed by atoms with Gasteiger partial charge >= 0.3 is 0 Å². The number of epoxide rings is 2. The van der Waals surface area contributed by atoms with Gasteiger partial charge in [-0.25, -0.2) is 4.84 Å². The van der Waals surface area contributed by atoms with Gasteiger partial charge in [-0.2, -0.15) is 0 Å². The first kappa shape index (κ1) is 144. The molecule has 3 aromatic rings. The normalized spacial score (nSPS) is 14.3. The molecule has 12 atom stereocenters. The van der Waals surface area contributed by atoms with Crippen LogP contribution in [0.4, 0.5) is 0 Å². The standard InChI is InChI=1S/C30H54N4O7.C27H38N2O6.C24H50N4O5.C8H8ClNO.C7H12O4.C5H9NO.C3H3ClO.U.V/c1-9-27(37)33(17-15-23(3)29(39)31(5)6)21-25(35)13-11-19-41-20-12-14-26(36)22-34(28(38)10-2)18-16-24(4)30(40)32(7)8;30-24(17-28-19-26(32)22-9-3-1-4-10-22)13-7-15-34-21-35-16-8-14-25(31)18-29-20-27(33)23-11-5-2-6-12-23;1-19(23(31)27(3)4)11-13-25-17-21(29)9-7-15-33-16-8-10-22(30)18-26-14-12-20(2)24(32)28(5)6;9-10-6-8(11)7-4-2-1-3-5-7;1(6-3-10-6)8-5-9-2-7-4-11-7;1-4-5(7)6(2)3;1-2-3(4)5;;/h9-10,23-26,35-36H,1-2,11-22H2,3-8H3;1-6,9-12,24-25,28-31H,7-8,13-21H2;19-22,25-26,29-30H,7-18H2,1-6H3;1-5,10H,6H2;6-7H,1-5H2;4H,1H2,2-3H3;2H,1H2;;. The molecule has 3 aromatic carbocycles. The van der Waals surface area contributed by atoms with Crippen LogP contribution >= 0.6 is 23.4 Å². The molecule has 2 aliphatic rings. The van der Waals surface area contributed by atoms with Crippen LogP contribution < -0.4 is 26.1 Å². The number of ether oxygens (including phenoxy) is 8. The van der Waals surface area contributed by atoms with Gasteiger partial charge < -0.3 is 124 Å². The molecule has 0 aromatic heterocycles. The number of amides is 7. The van der Waals surface area contributed by atoms with Crippen molar-refractivity contribution in [2.75, 3.05) is 235 Å². The van der Waals surface area contributed by atoms with Gasteiger partial charge in [-0.15, -0.1) is 0 Å². The molecule has 2 fully saturated rings. The average Bonchev–Trinajstić information content (AvgIpc) is 1.23. The van der Waals surface area contributed by atoms with Crippen LogP contribution in [0.1, 0.15) is 162 Å². The molecule has 37 nitrogen and oxygen atoms in total. The first-order valence-corrected chi connectivity index (χ1v) is 49.9. The Morgan fingerprint density at radius 3 is 0.876 bits per heavy atom. The number of hydrogen-bond donors (Lipinski definition) is 11. The predicted octanol–water partition coefficient (Wildman–Crippen LogP) is 7.02. The van der Waals surface area contributed by atoms with Gasteiger partial charge in [0.25, 0.3) is 0 Å². The van der Waals surface area contributed by atoms with Gasteiger partial charge in [0.05, 0.1) is 82.7 Å². The summed E-state index contributed by atoms with van der Waals surface area (Å²) in [6.45, 7) is 32.2. The van der Waals surface area contributed by atoms with Crippen molar-refractivity contribution in [3.05, 3.63) is 158 Å². The average molecular weight is 2350 g/mol. The van der Waals surface area contributed by atoms with E-state index in [-0.39, 0.29) is 172 Å². The zero-order valence-electron chi connectivity index (χ0n) is 88.5. The van der Waals surface area contributed by atoms with Gasteiger partial charge in [-0.05, 0) is 164 Å². The number of allylic oxidation sites excluding steroid dienone is 1. The Hall–Kier alpha value is -6.95. The zero-order valence-corrected chi connectivity index (χ0v) is 95.6. The van der Waals surface area contributed by atoms with Crippen molar-refractivity contribution in [2.45, 2.75) is 179 Å². The van der Waals surface area contributed by atoms with Crippen LogP contribution in [0.5, 0.6) is 0 Å². The molecule has 41 heteroatoms. The van der Waals surface area contributed by atoms with Crippen LogP contribution in [0, 0.1) is 54.8 Å². The number of nitrogens with zero attached hydrogens (tertiary/aromatic N) is 7. The number of likely N-dealkylation sites (N-methyl/N-ethyl adjacent to an activating group) is 1. The summed E-state index contributed by atoms with van der Waals surface area (Å²) >= 11 is 9.88. The molecule has 5 rings (SSSR count). The van der Waals surface area contributed by atoms with Crippen LogP contribution in [-0.2, 0) is 94.8 Å². The number of aliphatic hydroxyl groups excluding tert-OH is 6. The number of benzene rings is 3. The van der Waals surface area contributed by atoms with Crippen LogP contribution in [0.3, 0.4) is 0 Å². The van der Waals surface area contributed by atoms with Gasteiger partial charge in [0.1, 0.15) is 25.8 Å². The summed E-state index contributed by atoms with van der Waals surface area (Å²) in [6, 6.07) is 27.2. The Morgan fingerprint density at radius 1 is 0.372 bits per heavy atom. The van der Waals surface area contributed by atoms with Crippen molar-refractivity contribution < 1.29 is 171 Å². The molecule has 12 unspecified atom stereocenters. The van der Waals surface area contributed by atoms with E-state index in [1.54, 1.807) is 117 Å². The number of halogens is 2. The summed E-state index contributed by atoms with van der Waals surface area (Å²) in [4.78, 5) is 140. The van der Waals surface area contributed by atoms with Crippen molar-refractivity contribution in [3.63, 3.8) is 0 Å². The predicted molar refractivity (Wildman–Crippen MR) is 557 cm³/mol. The van der Waals surface area contributed by atoms with Crippen LogP contribution in [0.15, 0.2) is 142 Å². The second kappa shape index (κ2) is 93.1. The smallest absolute Gasteiger partial charge is 0.246 e.